The molecular formula is C17H13BrF4N4O2. The number of hydrogen-bond acceptors (Lipinski definition) is 5. The second kappa shape index (κ2) is 7.84. The fourth-order valence-corrected chi connectivity index (χ4v) is 2.91. The molecule has 0 radical (unpaired) electrons. The Hall–Kier alpha value is -2.53. The van der Waals surface area contributed by atoms with Crippen LogP contribution in [0.4, 0.5) is 23.2 Å². The molecule has 3 rings (SSSR count). The molecule has 28 heavy (non-hydrogen) atoms. The second-order valence-electron chi connectivity index (χ2n) is 5.95. The number of amides is 1. The number of carbonyl (C=O) groups excluding carboxylic acids is 1. The van der Waals surface area contributed by atoms with E-state index in [1.165, 1.54) is 18.3 Å². The normalized spacial score (nSPS) is 19.4. The monoisotopic (exact) mass is 460 g/mol. The number of halogens is 5. The molecule has 1 atom stereocenters. The van der Waals surface area contributed by atoms with Crippen molar-refractivity contribution in [2.45, 2.75) is 12.0 Å². The van der Waals surface area contributed by atoms with E-state index in [0.717, 1.165) is 6.07 Å². The number of nitrogens with two attached hydrogens (primary N) is 1. The van der Waals surface area contributed by atoms with Crippen LogP contribution in [0.3, 0.4) is 0 Å². The number of carbonyl (C=O) groups is 1. The third-order valence-electron chi connectivity index (χ3n) is 4.01. The molecule has 1 aromatic heterocycles. The van der Waals surface area contributed by atoms with E-state index in [1.54, 1.807) is 0 Å². The Morgan fingerprint density at radius 1 is 1.29 bits per heavy atom. The first-order chi connectivity index (χ1) is 13.2. The SMILES string of the molecule is NC1=NC(c2cc(NC(=O)c3ccc(Br)cn3)c(F)cc2F)(C(F)F)COC1. The van der Waals surface area contributed by atoms with Crippen LogP contribution in [0.15, 0.2) is 39.9 Å². The molecule has 0 saturated carbocycles. The first kappa shape index (κ1) is 20.2. The summed E-state index contributed by atoms with van der Waals surface area (Å²) in [5.41, 5.74) is 1.83. The minimum atomic E-state index is -3.19. The molecular weight excluding hydrogens is 448 g/mol. The van der Waals surface area contributed by atoms with Crippen molar-refractivity contribution in [3.8, 4) is 0 Å². The Kier molecular flexibility index (Phi) is 5.66. The molecule has 2 aromatic rings. The molecule has 0 aliphatic carbocycles. The number of benzene rings is 1. The van der Waals surface area contributed by atoms with E-state index in [-0.39, 0.29) is 18.1 Å². The molecule has 3 N–H and O–H groups in total. The zero-order valence-electron chi connectivity index (χ0n) is 14.1. The van der Waals surface area contributed by atoms with Crippen LogP contribution in [0, 0.1) is 11.6 Å². The van der Waals surface area contributed by atoms with Gasteiger partial charge in [0.1, 0.15) is 29.8 Å². The van der Waals surface area contributed by atoms with E-state index in [4.69, 9.17) is 10.5 Å². The highest BCUT2D eigenvalue weighted by Crippen LogP contribution is 2.38. The van der Waals surface area contributed by atoms with Crippen LogP contribution in [-0.4, -0.2) is 36.4 Å². The zero-order chi connectivity index (χ0) is 20.5. The Morgan fingerprint density at radius 3 is 2.64 bits per heavy atom. The number of hydrogen-bond donors (Lipinski definition) is 2. The number of anilines is 1. The summed E-state index contributed by atoms with van der Waals surface area (Å²) in [4.78, 5) is 19.8. The summed E-state index contributed by atoms with van der Waals surface area (Å²) in [5.74, 6) is -3.47. The van der Waals surface area contributed by atoms with Crippen LogP contribution >= 0.6 is 15.9 Å². The molecule has 6 nitrogen and oxygen atoms in total. The Balaban J connectivity index is 2.02. The average molecular weight is 461 g/mol. The van der Waals surface area contributed by atoms with Gasteiger partial charge in [0, 0.05) is 22.3 Å². The highest BCUT2D eigenvalue weighted by atomic mass is 79.9. The van der Waals surface area contributed by atoms with Gasteiger partial charge in [0.2, 0.25) is 0 Å². The standard InChI is InChI=1S/C17H13BrF4N4O2/c18-8-1-2-12(24-5-8)15(27)25-13-3-9(10(19)4-11(13)20)17(16(21)22)7-28-6-14(23)26-17/h1-5,16H,6-7H2,(H2,23,26)(H,25,27). The smallest absolute Gasteiger partial charge is 0.274 e. The highest BCUT2D eigenvalue weighted by molar-refractivity contribution is 9.10. The maximum absolute atomic E-state index is 14.4. The van der Waals surface area contributed by atoms with Gasteiger partial charge in [-0.2, -0.15) is 0 Å². The van der Waals surface area contributed by atoms with Crippen LogP contribution in [0.1, 0.15) is 16.1 Å². The number of pyridine rings is 1. The predicted molar refractivity (Wildman–Crippen MR) is 96.4 cm³/mol. The lowest BCUT2D eigenvalue weighted by Gasteiger charge is -2.33. The molecule has 11 heteroatoms. The van der Waals surface area contributed by atoms with Gasteiger partial charge in [0.15, 0.2) is 5.54 Å². The lowest BCUT2D eigenvalue weighted by atomic mass is 9.89. The third kappa shape index (κ3) is 3.85. The molecule has 1 aromatic carbocycles. The number of rotatable bonds is 4. The van der Waals surface area contributed by atoms with Crippen molar-refractivity contribution in [2.24, 2.45) is 10.7 Å². The maximum Gasteiger partial charge on any atom is 0.274 e. The Morgan fingerprint density at radius 2 is 2.04 bits per heavy atom. The van der Waals surface area contributed by atoms with Gasteiger partial charge in [-0.25, -0.2) is 22.5 Å². The van der Waals surface area contributed by atoms with Gasteiger partial charge in [-0.05, 0) is 34.1 Å². The number of amidine groups is 1. The van der Waals surface area contributed by atoms with Crippen LogP contribution in [-0.2, 0) is 10.3 Å². The second-order valence-corrected chi connectivity index (χ2v) is 6.86. The number of aromatic nitrogens is 1. The lowest BCUT2D eigenvalue weighted by molar-refractivity contribution is -0.0146. The summed E-state index contributed by atoms with van der Waals surface area (Å²) < 4.78 is 61.8. The molecule has 0 fully saturated rings. The summed E-state index contributed by atoms with van der Waals surface area (Å²) in [7, 11) is 0. The third-order valence-corrected chi connectivity index (χ3v) is 4.48. The number of alkyl halides is 2. The summed E-state index contributed by atoms with van der Waals surface area (Å²) in [6.07, 6.45) is -1.84. The Labute approximate surface area is 164 Å². The molecule has 1 amide bonds. The van der Waals surface area contributed by atoms with Crippen LogP contribution < -0.4 is 11.1 Å². The molecule has 0 saturated heterocycles. The number of ether oxygens (including phenoxy) is 1. The van der Waals surface area contributed by atoms with Crippen molar-refractivity contribution < 1.29 is 27.1 Å². The van der Waals surface area contributed by atoms with Gasteiger partial charge in [0.25, 0.3) is 12.3 Å². The fourth-order valence-electron chi connectivity index (χ4n) is 2.67. The maximum atomic E-state index is 14.4. The predicted octanol–water partition coefficient (Wildman–Crippen LogP) is 3.22. The highest BCUT2D eigenvalue weighted by Gasteiger charge is 2.46. The van der Waals surface area contributed by atoms with Gasteiger partial charge >= 0.3 is 0 Å². The number of nitrogens with zero attached hydrogens (tertiary/aromatic N) is 2. The van der Waals surface area contributed by atoms with Gasteiger partial charge in [-0.3, -0.25) is 9.79 Å². The van der Waals surface area contributed by atoms with E-state index in [9.17, 15) is 22.4 Å². The van der Waals surface area contributed by atoms with Gasteiger partial charge in [-0.1, -0.05) is 0 Å². The minimum absolute atomic E-state index is 0.0553. The molecule has 2 heterocycles. The summed E-state index contributed by atoms with van der Waals surface area (Å²) >= 11 is 3.16. The molecule has 1 aliphatic rings. The quantitative estimate of drug-likeness (QED) is 0.685. The fraction of sp³-hybridized carbons (Fsp3) is 0.235. The van der Waals surface area contributed by atoms with Gasteiger partial charge in [-0.15, -0.1) is 0 Å². The molecule has 0 spiro atoms. The summed E-state index contributed by atoms with van der Waals surface area (Å²) in [6, 6.07) is 4.06. The number of aliphatic imine (C=N–C) groups is 1. The minimum Gasteiger partial charge on any atom is -0.385 e. The van der Waals surface area contributed by atoms with E-state index in [1.807, 2.05) is 0 Å². The molecule has 1 unspecified atom stereocenters. The van der Waals surface area contributed by atoms with Crippen LogP contribution in [0.25, 0.3) is 0 Å². The van der Waals surface area contributed by atoms with Crippen molar-refractivity contribution in [3.05, 3.63) is 57.8 Å². The van der Waals surface area contributed by atoms with Crippen molar-refractivity contribution in [2.75, 3.05) is 18.5 Å². The van der Waals surface area contributed by atoms with Gasteiger partial charge < -0.3 is 15.8 Å². The van der Waals surface area contributed by atoms with Crippen LogP contribution in [0.5, 0.6) is 0 Å². The summed E-state index contributed by atoms with van der Waals surface area (Å²) in [5, 5.41) is 2.20. The topological polar surface area (TPSA) is 89.6 Å². The first-order valence-electron chi connectivity index (χ1n) is 7.85. The summed E-state index contributed by atoms with van der Waals surface area (Å²) in [6.45, 7) is -0.842. The van der Waals surface area contributed by atoms with Crippen LogP contribution in [0.2, 0.25) is 0 Å². The largest absolute Gasteiger partial charge is 0.385 e. The van der Waals surface area contributed by atoms with Crippen molar-refractivity contribution in [3.63, 3.8) is 0 Å². The molecule has 0 bridgehead atoms. The lowest BCUT2D eigenvalue weighted by Crippen LogP contribution is -2.45. The number of nitrogens with one attached hydrogen (secondary N) is 1. The van der Waals surface area contributed by atoms with Gasteiger partial charge in [0.05, 0.1) is 12.3 Å². The van der Waals surface area contributed by atoms with E-state index in [2.05, 4.69) is 31.2 Å². The first-order valence-corrected chi connectivity index (χ1v) is 8.65. The van der Waals surface area contributed by atoms with Crippen molar-refractivity contribution in [1.29, 1.82) is 0 Å². The molecule has 148 valence electrons. The zero-order valence-corrected chi connectivity index (χ0v) is 15.6. The van der Waals surface area contributed by atoms with E-state index < -0.39 is 47.4 Å². The Bertz CT molecular complexity index is 939. The van der Waals surface area contributed by atoms with Crippen molar-refractivity contribution in [1.82, 2.24) is 4.98 Å². The van der Waals surface area contributed by atoms with E-state index in [0.29, 0.717) is 10.5 Å². The average Bonchev–Trinajstić information content (AvgIpc) is 2.64. The molecule has 1 aliphatic heterocycles. The van der Waals surface area contributed by atoms with E-state index >= 15 is 0 Å². The van der Waals surface area contributed by atoms with Crippen molar-refractivity contribution >= 4 is 33.4 Å².